The molecule has 2 heterocycles. The molecule has 0 spiro atoms. The minimum Gasteiger partial charge on any atom is -0.481 e. The molecule has 0 bridgehead atoms. The van der Waals surface area contributed by atoms with Crippen LogP contribution in [0, 0.1) is 0 Å². The lowest BCUT2D eigenvalue weighted by atomic mass is 10.1. The van der Waals surface area contributed by atoms with Crippen molar-refractivity contribution in [3.8, 4) is 11.8 Å². The van der Waals surface area contributed by atoms with Crippen LogP contribution in [0.15, 0.2) is 34.3 Å². The largest absolute Gasteiger partial charge is 0.481 e. The molecule has 0 amide bonds. The summed E-state index contributed by atoms with van der Waals surface area (Å²) in [6.45, 7) is 1.98. The van der Waals surface area contributed by atoms with E-state index in [1.165, 1.54) is 11.8 Å². The Bertz CT molecular complexity index is 714. The number of rotatable bonds is 4. The number of methoxy groups -OCH3 is 2. The Morgan fingerprint density at radius 1 is 1.18 bits per heavy atom. The zero-order valence-electron chi connectivity index (χ0n) is 12.3. The van der Waals surface area contributed by atoms with E-state index in [1.54, 1.807) is 20.3 Å². The Kier molecular flexibility index (Phi) is 4.17. The zero-order valence-corrected chi connectivity index (χ0v) is 14.0. The summed E-state index contributed by atoms with van der Waals surface area (Å²) < 4.78 is 16.0. The topological polar surface area (TPSA) is 53.5 Å². The molecule has 22 heavy (non-hydrogen) atoms. The van der Waals surface area contributed by atoms with Crippen molar-refractivity contribution in [2.45, 2.75) is 23.1 Å². The second-order valence-electron chi connectivity index (χ2n) is 4.61. The average Bonchev–Trinajstić information content (AvgIpc) is 2.82. The maximum atomic E-state index is 5.63. The molecule has 2 aromatic rings. The maximum absolute atomic E-state index is 5.63. The molecule has 0 aliphatic carbocycles. The van der Waals surface area contributed by atoms with Gasteiger partial charge in [-0.05, 0) is 37.0 Å². The van der Waals surface area contributed by atoms with Gasteiger partial charge in [-0.25, -0.2) is 0 Å². The third kappa shape index (κ3) is 2.74. The van der Waals surface area contributed by atoms with Crippen molar-refractivity contribution in [1.82, 2.24) is 9.97 Å². The van der Waals surface area contributed by atoms with Gasteiger partial charge in [-0.2, -0.15) is 9.97 Å². The van der Waals surface area contributed by atoms with Crippen LogP contribution in [0.2, 0.25) is 0 Å². The molecule has 0 saturated heterocycles. The van der Waals surface area contributed by atoms with E-state index in [1.807, 2.05) is 25.1 Å². The number of aromatic nitrogens is 2. The number of thiocarbonyl (C=S) groups is 1. The van der Waals surface area contributed by atoms with Crippen molar-refractivity contribution < 1.29 is 14.2 Å². The highest BCUT2D eigenvalue weighted by Crippen LogP contribution is 2.39. The van der Waals surface area contributed by atoms with Crippen LogP contribution in [0.1, 0.15) is 24.2 Å². The summed E-state index contributed by atoms with van der Waals surface area (Å²) in [5.41, 5.74) is 2.03. The van der Waals surface area contributed by atoms with Crippen molar-refractivity contribution >= 4 is 29.0 Å². The minimum atomic E-state index is -0.0242. The number of fused-ring (bicyclic) bond motifs is 1. The first-order chi connectivity index (χ1) is 10.6. The van der Waals surface area contributed by atoms with E-state index in [2.05, 4.69) is 9.97 Å². The SMILES string of the molecule is COc1cc(OC)nc(Sc2cccc3c2C(=S)OC3C)n1. The van der Waals surface area contributed by atoms with E-state index in [0.717, 1.165) is 16.0 Å². The fourth-order valence-corrected chi connectivity index (χ4v) is 3.57. The standard InChI is InChI=1S/C15H14N2O3S2/c1-8-9-5-4-6-10(13(9)14(21)20-8)22-15-16-11(18-2)7-12(17-15)19-3/h4-8H,1-3H3. The number of nitrogens with zero attached hydrogens (tertiary/aromatic N) is 2. The predicted molar refractivity (Wildman–Crippen MR) is 86.9 cm³/mol. The summed E-state index contributed by atoms with van der Waals surface area (Å²) in [6.07, 6.45) is -0.0242. The van der Waals surface area contributed by atoms with Gasteiger partial charge in [0, 0.05) is 16.0 Å². The number of hydrogen-bond acceptors (Lipinski definition) is 7. The molecule has 7 heteroatoms. The summed E-state index contributed by atoms with van der Waals surface area (Å²) in [4.78, 5) is 9.62. The first-order valence-corrected chi connectivity index (χ1v) is 7.83. The van der Waals surface area contributed by atoms with Crippen molar-refractivity contribution in [2.75, 3.05) is 14.2 Å². The van der Waals surface area contributed by atoms with Gasteiger partial charge in [-0.3, -0.25) is 0 Å². The smallest absolute Gasteiger partial charge is 0.220 e. The van der Waals surface area contributed by atoms with E-state index in [0.29, 0.717) is 22.0 Å². The van der Waals surface area contributed by atoms with Crippen molar-refractivity contribution in [2.24, 2.45) is 0 Å². The summed E-state index contributed by atoms with van der Waals surface area (Å²) in [5.74, 6) is 0.906. The fraction of sp³-hybridized carbons (Fsp3) is 0.267. The second kappa shape index (κ2) is 6.10. The molecule has 0 saturated carbocycles. The first kappa shape index (κ1) is 15.1. The van der Waals surface area contributed by atoms with E-state index in [-0.39, 0.29) is 6.10 Å². The fourth-order valence-electron chi connectivity index (χ4n) is 2.21. The van der Waals surface area contributed by atoms with Gasteiger partial charge in [0.05, 0.1) is 20.3 Å². The molecular weight excluding hydrogens is 320 g/mol. The van der Waals surface area contributed by atoms with Crippen LogP contribution in [0.3, 0.4) is 0 Å². The Labute approximate surface area is 138 Å². The maximum Gasteiger partial charge on any atom is 0.220 e. The van der Waals surface area contributed by atoms with Gasteiger partial charge >= 0.3 is 0 Å². The van der Waals surface area contributed by atoms with E-state index < -0.39 is 0 Å². The molecule has 0 radical (unpaired) electrons. The van der Waals surface area contributed by atoms with E-state index in [9.17, 15) is 0 Å². The predicted octanol–water partition coefficient (Wildman–Crippen LogP) is 3.41. The summed E-state index contributed by atoms with van der Waals surface area (Å²) in [7, 11) is 3.11. The van der Waals surface area contributed by atoms with Gasteiger partial charge < -0.3 is 14.2 Å². The lowest BCUT2D eigenvalue weighted by Gasteiger charge is -2.08. The highest BCUT2D eigenvalue weighted by atomic mass is 32.2. The van der Waals surface area contributed by atoms with Crippen molar-refractivity contribution in [1.29, 1.82) is 0 Å². The Balaban J connectivity index is 2.00. The van der Waals surface area contributed by atoms with Gasteiger partial charge in [-0.15, -0.1) is 0 Å². The number of benzene rings is 1. The molecule has 1 unspecified atom stereocenters. The molecule has 3 rings (SSSR count). The van der Waals surface area contributed by atoms with Gasteiger partial charge in [0.25, 0.3) is 0 Å². The first-order valence-electron chi connectivity index (χ1n) is 6.61. The molecular formula is C15H14N2O3S2. The molecule has 1 aromatic heterocycles. The molecule has 5 nitrogen and oxygen atoms in total. The third-order valence-electron chi connectivity index (χ3n) is 3.26. The van der Waals surface area contributed by atoms with E-state index >= 15 is 0 Å². The quantitative estimate of drug-likeness (QED) is 0.627. The van der Waals surface area contributed by atoms with Gasteiger partial charge in [0.15, 0.2) is 10.2 Å². The Morgan fingerprint density at radius 2 is 1.86 bits per heavy atom. The normalized spacial score (nSPS) is 16.1. The lowest BCUT2D eigenvalue weighted by molar-refractivity contribution is 0.238. The van der Waals surface area contributed by atoms with Crippen LogP contribution in [0.25, 0.3) is 0 Å². The summed E-state index contributed by atoms with van der Waals surface area (Å²) >= 11 is 6.73. The van der Waals surface area contributed by atoms with Gasteiger partial charge in [0.1, 0.15) is 6.10 Å². The number of hydrogen-bond donors (Lipinski definition) is 0. The molecule has 0 fully saturated rings. The minimum absolute atomic E-state index is 0.0242. The second-order valence-corrected chi connectivity index (χ2v) is 5.99. The Hall–Kier alpha value is -1.86. The van der Waals surface area contributed by atoms with Gasteiger partial charge in [-0.1, -0.05) is 12.1 Å². The van der Waals surface area contributed by atoms with Crippen LogP contribution >= 0.6 is 24.0 Å². The van der Waals surface area contributed by atoms with Crippen LogP contribution in [-0.2, 0) is 4.74 Å². The molecule has 1 aliphatic heterocycles. The van der Waals surface area contributed by atoms with Crippen molar-refractivity contribution in [3.05, 3.63) is 35.4 Å². The third-order valence-corrected chi connectivity index (χ3v) is 4.49. The molecule has 0 N–H and O–H groups in total. The molecule has 1 aromatic carbocycles. The molecule has 1 aliphatic rings. The van der Waals surface area contributed by atoms with Crippen LogP contribution < -0.4 is 9.47 Å². The van der Waals surface area contributed by atoms with Crippen LogP contribution in [-0.4, -0.2) is 29.2 Å². The summed E-state index contributed by atoms with van der Waals surface area (Å²) in [5, 5.41) is 1.05. The van der Waals surface area contributed by atoms with Crippen LogP contribution in [0.5, 0.6) is 11.8 Å². The Morgan fingerprint density at radius 3 is 2.50 bits per heavy atom. The summed E-state index contributed by atoms with van der Waals surface area (Å²) in [6, 6.07) is 7.62. The van der Waals surface area contributed by atoms with E-state index in [4.69, 9.17) is 26.4 Å². The average molecular weight is 334 g/mol. The lowest BCUT2D eigenvalue weighted by Crippen LogP contribution is -1.98. The molecule has 114 valence electrons. The monoisotopic (exact) mass is 334 g/mol. The van der Waals surface area contributed by atoms with Crippen molar-refractivity contribution in [3.63, 3.8) is 0 Å². The van der Waals surface area contributed by atoms with Crippen LogP contribution in [0.4, 0.5) is 0 Å². The van der Waals surface area contributed by atoms with Gasteiger partial charge in [0.2, 0.25) is 11.8 Å². The highest BCUT2D eigenvalue weighted by molar-refractivity contribution is 7.99. The highest BCUT2D eigenvalue weighted by Gasteiger charge is 2.27. The number of ether oxygens (including phenoxy) is 3. The molecule has 1 atom stereocenters. The zero-order chi connectivity index (χ0) is 15.7.